The molecule has 7 heteroatoms. The van der Waals surface area contributed by atoms with Gasteiger partial charge in [-0.05, 0) is 43.6 Å². The predicted molar refractivity (Wildman–Crippen MR) is 116 cm³/mol. The minimum Gasteiger partial charge on any atom is -0.497 e. The maximum atomic E-state index is 5.79. The lowest BCUT2D eigenvalue weighted by atomic mass is 10.2. The Hall–Kier alpha value is -2.80. The fraction of sp³-hybridized carbons (Fsp3) is 0.455. The Morgan fingerprint density at radius 1 is 1.24 bits per heavy atom. The van der Waals surface area contributed by atoms with Crippen LogP contribution in [0.4, 0.5) is 0 Å². The van der Waals surface area contributed by atoms with Crippen molar-refractivity contribution in [2.24, 2.45) is 4.99 Å². The molecule has 1 atom stereocenters. The number of methoxy groups -OCH3 is 1. The van der Waals surface area contributed by atoms with Gasteiger partial charge in [0.05, 0.1) is 7.11 Å². The molecule has 1 aromatic carbocycles. The standard InChI is InChI=1S/C22H31N5O2/c1-4-27-12-6-7-18(27)16-26-22(23-2)25-15-17-10-11-21(24-14-17)29-20-9-5-8-19(13-20)28-3/h5,8-11,13-14,18H,4,6-7,12,15-16H2,1-3H3,(H2,23,25,26). The van der Waals surface area contributed by atoms with E-state index in [9.17, 15) is 0 Å². The number of aromatic nitrogens is 1. The number of hydrogen-bond donors (Lipinski definition) is 2. The van der Waals surface area contributed by atoms with Gasteiger partial charge in [-0.15, -0.1) is 0 Å². The van der Waals surface area contributed by atoms with Gasteiger partial charge in [0.25, 0.3) is 0 Å². The lowest BCUT2D eigenvalue weighted by Crippen LogP contribution is -2.44. The average Bonchev–Trinajstić information content (AvgIpc) is 3.22. The van der Waals surface area contributed by atoms with E-state index in [0.29, 0.717) is 24.2 Å². The number of hydrogen-bond acceptors (Lipinski definition) is 5. The number of nitrogens with zero attached hydrogens (tertiary/aromatic N) is 3. The predicted octanol–water partition coefficient (Wildman–Crippen LogP) is 3.03. The average molecular weight is 398 g/mol. The molecule has 1 saturated heterocycles. The molecule has 0 saturated carbocycles. The maximum Gasteiger partial charge on any atom is 0.219 e. The van der Waals surface area contributed by atoms with Gasteiger partial charge in [0.2, 0.25) is 5.88 Å². The molecular formula is C22H31N5O2. The third-order valence-corrected chi connectivity index (χ3v) is 5.16. The van der Waals surface area contributed by atoms with Crippen molar-refractivity contribution >= 4 is 5.96 Å². The van der Waals surface area contributed by atoms with Gasteiger partial charge in [-0.2, -0.15) is 0 Å². The van der Waals surface area contributed by atoms with Crippen molar-refractivity contribution in [3.05, 3.63) is 48.2 Å². The van der Waals surface area contributed by atoms with Crippen LogP contribution in [-0.4, -0.2) is 55.7 Å². The van der Waals surface area contributed by atoms with E-state index in [2.05, 4.69) is 32.4 Å². The van der Waals surface area contributed by atoms with Crippen LogP contribution in [0.2, 0.25) is 0 Å². The summed E-state index contributed by atoms with van der Waals surface area (Å²) in [6, 6.07) is 11.9. The molecule has 2 heterocycles. The summed E-state index contributed by atoms with van der Waals surface area (Å²) in [5.41, 5.74) is 1.06. The summed E-state index contributed by atoms with van der Waals surface area (Å²) in [4.78, 5) is 11.2. The van der Waals surface area contributed by atoms with Crippen LogP contribution in [0.3, 0.4) is 0 Å². The Labute approximate surface area is 173 Å². The van der Waals surface area contributed by atoms with Crippen LogP contribution < -0.4 is 20.1 Å². The molecular weight excluding hydrogens is 366 g/mol. The van der Waals surface area contributed by atoms with Gasteiger partial charge in [0.15, 0.2) is 5.96 Å². The third kappa shape index (κ3) is 6.09. The van der Waals surface area contributed by atoms with Crippen LogP contribution in [0.5, 0.6) is 17.4 Å². The molecule has 0 amide bonds. The molecule has 29 heavy (non-hydrogen) atoms. The minimum absolute atomic E-state index is 0.547. The highest BCUT2D eigenvalue weighted by Crippen LogP contribution is 2.23. The summed E-state index contributed by atoms with van der Waals surface area (Å²) in [7, 11) is 3.43. The fourth-order valence-corrected chi connectivity index (χ4v) is 3.52. The second-order valence-electron chi connectivity index (χ2n) is 7.02. The molecule has 1 aliphatic heterocycles. The minimum atomic E-state index is 0.547. The normalized spacial score (nSPS) is 17.2. The van der Waals surface area contributed by atoms with Crippen molar-refractivity contribution in [3.8, 4) is 17.4 Å². The highest BCUT2D eigenvalue weighted by Gasteiger charge is 2.22. The Morgan fingerprint density at radius 3 is 2.83 bits per heavy atom. The van der Waals surface area contributed by atoms with E-state index in [1.165, 1.54) is 19.4 Å². The first-order chi connectivity index (χ1) is 14.2. The second kappa shape index (κ2) is 10.7. The van der Waals surface area contributed by atoms with Crippen molar-refractivity contribution in [1.82, 2.24) is 20.5 Å². The molecule has 1 fully saturated rings. The highest BCUT2D eigenvalue weighted by atomic mass is 16.5. The Kier molecular flexibility index (Phi) is 7.69. The fourth-order valence-electron chi connectivity index (χ4n) is 3.52. The van der Waals surface area contributed by atoms with Crippen molar-refractivity contribution < 1.29 is 9.47 Å². The third-order valence-electron chi connectivity index (χ3n) is 5.16. The number of pyridine rings is 1. The molecule has 0 spiro atoms. The first kappa shape index (κ1) is 20.9. The first-order valence-electron chi connectivity index (χ1n) is 10.2. The zero-order chi connectivity index (χ0) is 20.5. The number of nitrogens with one attached hydrogen (secondary N) is 2. The molecule has 1 unspecified atom stereocenters. The van der Waals surface area contributed by atoms with Crippen LogP contribution in [0.25, 0.3) is 0 Å². The second-order valence-corrected chi connectivity index (χ2v) is 7.02. The van der Waals surface area contributed by atoms with Crippen molar-refractivity contribution in [2.45, 2.75) is 32.4 Å². The molecule has 3 rings (SSSR count). The summed E-state index contributed by atoms with van der Waals surface area (Å²) in [6.45, 7) is 6.09. The van der Waals surface area contributed by atoms with E-state index in [1.54, 1.807) is 14.2 Å². The SMILES string of the molecule is CCN1CCCC1CNC(=NC)NCc1ccc(Oc2cccc(OC)c2)nc1. The van der Waals surface area contributed by atoms with E-state index in [1.807, 2.05) is 42.6 Å². The van der Waals surface area contributed by atoms with E-state index >= 15 is 0 Å². The largest absolute Gasteiger partial charge is 0.497 e. The number of benzene rings is 1. The van der Waals surface area contributed by atoms with Crippen molar-refractivity contribution in [2.75, 3.05) is 33.8 Å². The molecule has 1 aliphatic rings. The number of likely N-dealkylation sites (tertiary alicyclic amines) is 1. The van der Waals surface area contributed by atoms with Crippen molar-refractivity contribution in [3.63, 3.8) is 0 Å². The first-order valence-corrected chi connectivity index (χ1v) is 10.2. The summed E-state index contributed by atoms with van der Waals surface area (Å²) in [5.74, 6) is 2.80. The lowest BCUT2D eigenvalue weighted by molar-refractivity contribution is 0.267. The number of rotatable bonds is 8. The van der Waals surface area contributed by atoms with E-state index in [4.69, 9.17) is 9.47 Å². The summed E-state index contributed by atoms with van der Waals surface area (Å²) < 4.78 is 11.0. The number of likely N-dealkylation sites (N-methyl/N-ethyl adjacent to an activating group) is 1. The molecule has 2 aromatic rings. The van der Waals surface area contributed by atoms with Gasteiger partial charge < -0.3 is 20.1 Å². The van der Waals surface area contributed by atoms with E-state index in [0.717, 1.165) is 30.4 Å². The van der Waals surface area contributed by atoms with Crippen LogP contribution in [-0.2, 0) is 6.54 Å². The molecule has 7 nitrogen and oxygen atoms in total. The summed E-state index contributed by atoms with van der Waals surface area (Å²) >= 11 is 0. The Balaban J connectivity index is 1.47. The van der Waals surface area contributed by atoms with E-state index in [-0.39, 0.29) is 0 Å². The van der Waals surface area contributed by atoms with Crippen LogP contribution in [0.15, 0.2) is 47.6 Å². The molecule has 156 valence electrons. The van der Waals surface area contributed by atoms with Gasteiger partial charge in [-0.3, -0.25) is 9.89 Å². The molecule has 2 N–H and O–H groups in total. The Morgan fingerprint density at radius 2 is 2.10 bits per heavy atom. The van der Waals surface area contributed by atoms with Gasteiger partial charge in [0, 0.05) is 44.5 Å². The topological polar surface area (TPSA) is 71.0 Å². The van der Waals surface area contributed by atoms with Crippen LogP contribution in [0, 0.1) is 0 Å². The zero-order valence-electron chi connectivity index (χ0n) is 17.5. The molecule has 0 radical (unpaired) electrons. The van der Waals surface area contributed by atoms with Crippen LogP contribution in [0.1, 0.15) is 25.3 Å². The lowest BCUT2D eigenvalue weighted by Gasteiger charge is -2.24. The quantitative estimate of drug-likeness (QED) is 0.527. The summed E-state index contributed by atoms with van der Waals surface area (Å²) in [6.07, 6.45) is 4.34. The van der Waals surface area contributed by atoms with Gasteiger partial charge in [-0.1, -0.05) is 19.1 Å². The number of ether oxygens (including phenoxy) is 2. The maximum absolute atomic E-state index is 5.79. The smallest absolute Gasteiger partial charge is 0.219 e. The molecule has 0 bridgehead atoms. The summed E-state index contributed by atoms with van der Waals surface area (Å²) in [5, 5.41) is 6.79. The van der Waals surface area contributed by atoms with Gasteiger partial charge in [-0.25, -0.2) is 4.98 Å². The highest BCUT2D eigenvalue weighted by molar-refractivity contribution is 5.79. The molecule has 0 aliphatic carbocycles. The van der Waals surface area contributed by atoms with Crippen LogP contribution >= 0.6 is 0 Å². The Bertz CT molecular complexity index is 794. The zero-order valence-corrected chi connectivity index (χ0v) is 17.5. The van der Waals surface area contributed by atoms with Gasteiger partial charge >= 0.3 is 0 Å². The molecule has 1 aromatic heterocycles. The monoisotopic (exact) mass is 397 g/mol. The number of aliphatic imine (C=N–C) groups is 1. The van der Waals surface area contributed by atoms with Gasteiger partial charge in [0.1, 0.15) is 11.5 Å². The van der Waals surface area contributed by atoms with Crippen molar-refractivity contribution in [1.29, 1.82) is 0 Å². The van der Waals surface area contributed by atoms with E-state index < -0.39 is 0 Å². The number of guanidine groups is 1.